The normalized spacial score (nSPS) is 14.0. The van der Waals surface area contributed by atoms with Crippen LogP contribution >= 0.6 is 7.82 Å². The smallest absolute Gasteiger partial charge is 0.387 e. The molecule has 0 radical (unpaired) electrons. The summed E-state index contributed by atoms with van der Waals surface area (Å²) in [5, 5.41) is 13.9. The van der Waals surface area contributed by atoms with Crippen molar-refractivity contribution >= 4 is 13.7 Å². The van der Waals surface area contributed by atoms with Crippen LogP contribution in [0.3, 0.4) is 0 Å². The van der Waals surface area contributed by atoms with Gasteiger partial charge in [-0.2, -0.15) is 0 Å². The zero-order valence-corrected chi connectivity index (χ0v) is 46.6. The van der Waals surface area contributed by atoms with E-state index in [0.29, 0.717) is 17.4 Å². The number of nitrogens with zero attached hydrogens (tertiary/aromatic N) is 1. The van der Waals surface area contributed by atoms with E-state index in [0.717, 1.165) is 38.5 Å². The van der Waals surface area contributed by atoms with E-state index in [1.54, 1.807) is 6.08 Å². The Hall–Kier alpha value is -0.760. The van der Waals surface area contributed by atoms with Crippen molar-refractivity contribution in [2.24, 2.45) is 0 Å². The number of hydrogen-bond acceptors (Lipinski definition) is 5. The number of amides is 1. The van der Waals surface area contributed by atoms with E-state index in [1.807, 2.05) is 27.2 Å². The number of hydrogen-bond donors (Lipinski definition) is 3. The molecule has 0 aromatic heterocycles. The highest BCUT2D eigenvalue weighted by Crippen LogP contribution is 2.43. The number of carbonyl (C=O) groups excluding carboxylic acids is 1. The molecule has 400 valence electrons. The van der Waals surface area contributed by atoms with Gasteiger partial charge >= 0.3 is 7.82 Å². The molecule has 0 saturated heterocycles. The third kappa shape index (κ3) is 52.9. The first-order valence-corrected chi connectivity index (χ1v) is 31.1. The molecular formula is C58H118N2O6P+. The summed E-state index contributed by atoms with van der Waals surface area (Å²) in [7, 11) is 1.59. The molecule has 0 aliphatic rings. The van der Waals surface area contributed by atoms with Gasteiger partial charge in [0.2, 0.25) is 5.91 Å². The van der Waals surface area contributed by atoms with Crippen molar-refractivity contribution < 1.29 is 32.9 Å². The molecule has 3 N–H and O–H groups in total. The van der Waals surface area contributed by atoms with Gasteiger partial charge in [-0.25, -0.2) is 4.57 Å². The lowest BCUT2D eigenvalue weighted by atomic mass is 10.0. The first-order chi connectivity index (χ1) is 32.5. The van der Waals surface area contributed by atoms with Crippen molar-refractivity contribution in [3.8, 4) is 0 Å². The monoisotopic (exact) mass is 970 g/mol. The van der Waals surface area contributed by atoms with E-state index in [1.165, 1.54) is 244 Å². The summed E-state index contributed by atoms with van der Waals surface area (Å²) in [6, 6.07) is -0.840. The molecule has 67 heavy (non-hydrogen) atoms. The van der Waals surface area contributed by atoms with E-state index >= 15 is 0 Å². The van der Waals surface area contributed by atoms with Crippen LogP contribution in [0.2, 0.25) is 0 Å². The van der Waals surface area contributed by atoms with Gasteiger partial charge in [-0.1, -0.05) is 289 Å². The maximum absolute atomic E-state index is 12.9. The lowest BCUT2D eigenvalue weighted by Gasteiger charge is -2.25. The molecule has 0 aromatic carbocycles. The fourth-order valence-corrected chi connectivity index (χ4v) is 9.84. The highest BCUT2D eigenvalue weighted by molar-refractivity contribution is 7.47. The third-order valence-corrected chi connectivity index (χ3v) is 14.7. The molecule has 0 bridgehead atoms. The minimum Gasteiger partial charge on any atom is -0.387 e. The van der Waals surface area contributed by atoms with Gasteiger partial charge in [-0.05, 0) is 19.3 Å². The van der Waals surface area contributed by atoms with Gasteiger partial charge in [-0.15, -0.1) is 0 Å². The number of quaternary nitrogens is 1. The summed E-state index contributed by atoms with van der Waals surface area (Å²) in [4.78, 5) is 23.2. The molecule has 1 amide bonds. The molecule has 0 aliphatic carbocycles. The zero-order chi connectivity index (χ0) is 49.2. The summed E-state index contributed by atoms with van der Waals surface area (Å²) < 4.78 is 23.6. The van der Waals surface area contributed by atoms with E-state index in [9.17, 15) is 19.4 Å². The Kier molecular flexibility index (Phi) is 49.6. The van der Waals surface area contributed by atoms with E-state index in [-0.39, 0.29) is 19.1 Å². The molecule has 8 nitrogen and oxygen atoms in total. The molecule has 9 heteroatoms. The van der Waals surface area contributed by atoms with Crippen LogP contribution in [0.15, 0.2) is 12.2 Å². The van der Waals surface area contributed by atoms with Crippen LogP contribution in [0, 0.1) is 0 Å². The summed E-state index contributed by atoms with van der Waals surface area (Å²) in [5.41, 5.74) is 0. The lowest BCUT2D eigenvalue weighted by molar-refractivity contribution is -0.870. The van der Waals surface area contributed by atoms with Crippen molar-refractivity contribution in [3.05, 3.63) is 12.2 Å². The quantitative estimate of drug-likeness (QED) is 0.0243. The predicted octanol–water partition coefficient (Wildman–Crippen LogP) is 17.8. The average molecular weight is 971 g/mol. The van der Waals surface area contributed by atoms with Crippen LogP contribution < -0.4 is 5.32 Å². The summed E-state index contributed by atoms with van der Waals surface area (Å²) in [5.74, 6) is -0.172. The number of phosphoric acid groups is 1. The summed E-state index contributed by atoms with van der Waals surface area (Å²) in [6.45, 7) is 4.84. The highest BCUT2D eigenvalue weighted by atomic mass is 31.2. The molecule has 0 fully saturated rings. The second-order valence-corrected chi connectivity index (χ2v) is 23.2. The van der Waals surface area contributed by atoms with E-state index < -0.39 is 20.0 Å². The lowest BCUT2D eigenvalue weighted by Crippen LogP contribution is -2.45. The van der Waals surface area contributed by atoms with Crippen LogP contribution in [-0.2, 0) is 18.4 Å². The summed E-state index contributed by atoms with van der Waals surface area (Å²) in [6.07, 6.45) is 62.0. The van der Waals surface area contributed by atoms with Gasteiger partial charge in [0.05, 0.1) is 39.9 Å². The number of phosphoric ester groups is 1. The van der Waals surface area contributed by atoms with Crippen molar-refractivity contribution in [1.82, 2.24) is 5.32 Å². The van der Waals surface area contributed by atoms with Gasteiger partial charge < -0.3 is 19.8 Å². The van der Waals surface area contributed by atoms with E-state index in [4.69, 9.17) is 9.05 Å². The van der Waals surface area contributed by atoms with Crippen LogP contribution in [0.5, 0.6) is 0 Å². The van der Waals surface area contributed by atoms with Crippen molar-refractivity contribution in [3.63, 3.8) is 0 Å². The standard InChI is InChI=1S/C58H117N2O6P/c1-6-8-10-12-14-16-18-19-20-21-22-23-24-25-26-27-28-29-30-31-32-33-34-35-36-37-38-39-40-42-44-46-48-50-52-58(62)59-56(55-66-67(63,64)65-54-53-60(3,4)5)57(61)51-49-47-45-43-41-17-15-13-11-9-7-2/h49,51,56-57,61H,6-48,50,52-55H2,1-5H3,(H-,59,62,63,64)/p+1/b51-49+/t56-,57+/m0/s1. The second kappa shape index (κ2) is 50.2. The zero-order valence-electron chi connectivity index (χ0n) is 45.7. The van der Waals surface area contributed by atoms with Gasteiger partial charge in [0.1, 0.15) is 13.2 Å². The Labute approximate surface area is 418 Å². The number of aliphatic hydroxyl groups excluding tert-OH is 1. The minimum atomic E-state index is -4.34. The van der Waals surface area contributed by atoms with Gasteiger partial charge in [0.15, 0.2) is 0 Å². The molecule has 0 saturated carbocycles. The third-order valence-electron chi connectivity index (χ3n) is 13.8. The van der Waals surface area contributed by atoms with Crippen LogP contribution in [0.4, 0.5) is 0 Å². The number of aliphatic hydroxyl groups is 1. The van der Waals surface area contributed by atoms with E-state index in [2.05, 4.69) is 19.2 Å². The predicted molar refractivity (Wildman–Crippen MR) is 291 cm³/mol. The molecule has 0 heterocycles. The first-order valence-electron chi connectivity index (χ1n) is 29.6. The van der Waals surface area contributed by atoms with Crippen LogP contribution in [0.25, 0.3) is 0 Å². The Morgan fingerprint density at radius 1 is 0.493 bits per heavy atom. The Morgan fingerprint density at radius 2 is 0.791 bits per heavy atom. The molecule has 0 rings (SSSR count). The Morgan fingerprint density at radius 3 is 1.10 bits per heavy atom. The van der Waals surface area contributed by atoms with Crippen molar-refractivity contribution in [2.75, 3.05) is 40.9 Å². The molecule has 3 atom stereocenters. The Bertz CT molecular complexity index is 1100. The first kappa shape index (κ1) is 66.2. The molecular weight excluding hydrogens is 852 g/mol. The van der Waals surface area contributed by atoms with Crippen LogP contribution in [0.1, 0.15) is 303 Å². The highest BCUT2D eigenvalue weighted by Gasteiger charge is 2.27. The SMILES string of the molecule is CCCCCCCCCCC/C=C/[C@@H](O)[C@H](COP(=O)(O)OCC[N+](C)(C)C)NC(=O)CCCCCCCCCCCCCCCCCCCCCCCCCCCCCCCCCCCC. The fraction of sp³-hybridized carbons (Fsp3) is 0.948. The van der Waals surface area contributed by atoms with Gasteiger partial charge in [0, 0.05) is 6.42 Å². The summed E-state index contributed by atoms with van der Waals surface area (Å²) >= 11 is 0. The van der Waals surface area contributed by atoms with Crippen molar-refractivity contribution in [1.29, 1.82) is 0 Å². The number of rotatable bonds is 55. The minimum absolute atomic E-state index is 0.0647. The molecule has 0 aliphatic heterocycles. The molecule has 1 unspecified atom stereocenters. The number of unbranched alkanes of at least 4 members (excludes halogenated alkanes) is 42. The number of likely N-dealkylation sites (N-methyl/N-ethyl adjacent to an activating group) is 1. The topological polar surface area (TPSA) is 105 Å². The largest absolute Gasteiger partial charge is 0.472 e. The van der Waals surface area contributed by atoms with Crippen LogP contribution in [-0.4, -0.2) is 73.4 Å². The number of nitrogens with one attached hydrogen (secondary N) is 1. The average Bonchev–Trinajstić information content (AvgIpc) is 3.29. The maximum Gasteiger partial charge on any atom is 0.472 e. The fourth-order valence-electron chi connectivity index (χ4n) is 9.10. The maximum atomic E-state index is 12.9. The van der Waals surface area contributed by atoms with Gasteiger partial charge in [0.25, 0.3) is 0 Å². The number of carbonyl (C=O) groups is 1. The van der Waals surface area contributed by atoms with Gasteiger partial charge in [-0.3, -0.25) is 13.8 Å². The molecule has 0 spiro atoms. The number of allylic oxidation sites excluding steroid dienone is 1. The Balaban J connectivity index is 3.88. The molecule has 0 aromatic rings. The van der Waals surface area contributed by atoms with Crippen molar-refractivity contribution in [2.45, 2.75) is 315 Å². The second-order valence-electron chi connectivity index (χ2n) is 21.7.